The first-order valence-corrected chi connectivity index (χ1v) is 7.74. The average Bonchev–Trinajstić information content (AvgIpc) is 2.84. The summed E-state index contributed by atoms with van der Waals surface area (Å²) in [5.74, 6) is -4.94. The van der Waals surface area contributed by atoms with E-state index in [0.29, 0.717) is 10.6 Å². The van der Waals surface area contributed by atoms with E-state index >= 15 is 0 Å². The summed E-state index contributed by atoms with van der Waals surface area (Å²) in [4.78, 5) is 47.4. The highest BCUT2D eigenvalue weighted by molar-refractivity contribution is 6.35. The molecule has 0 radical (unpaired) electrons. The van der Waals surface area contributed by atoms with Crippen molar-refractivity contribution in [2.75, 3.05) is 6.54 Å². The zero-order chi connectivity index (χ0) is 18.1. The third kappa shape index (κ3) is 3.16. The van der Waals surface area contributed by atoms with Crippen molar-refractivity contribution < 1.29 is 24.3 Å². The van der Waals surface area contributed by atoms with Crippen LogP contribution in [0.25, 0.3) is 11.1 Å². The maximum Gasteiger partial charge on any atom is 0.322 e. The molecular formula is C18H12ClNO5. The number of halogens is 1. The van der Waals surface area contributed by atoms with Crippen LogP contribution in [0.4, 0.5) is 0 Å². The first kappa shape index (κ1) is 16.9. The molecule has 0 saturated heterocycles. The molecule has 3 rings (SSSR count). The topological polar surface area (TPSA) is 101 Å². The second-order valence-electron chi connectivity index (χ2n) is 5.54. The number of aliphatic carboxylic acids is 1. The van der Waals surface area contributed by atoms with Crippen LogP contribution in [0.5, 0.6) is 0 Å². The van der Waals surface area contributed by atoms with E-state index in [1.165, 1.54) is 6.07 Å². The number of carboxylic acid groups (broad SMARTS) is 1. The average molecular weight is 358 g/mol. The largest absolute Gasteiger partial charge is 0.480 e. The number of benzene rings is 2. The molecule has 0 spiro atoms. The van der Waals surface area contributed by atoms with Crippen LogP contribution in [-0.2, 0) is 9.59 Å². The van der Waals surface area contributed by atoms with Gasteiger partial charge in [0.15, 0.2) is 17.5 Å². The summed E-state index contributed by atoms with van der Waals surface area (Å²) < 4.78 is 0. The van der Waals surface area contributed by atoms with E-state index in [4.69, 9.17) is 16.7 Å². The predicted octanol–water partition coefficient (Wildman–Crippen LogP) is 2.20. The van der Waals surface area contributed by atoms with Gasteiger partial charge in [-0.15, -0.1) is 0 Å². The molecule has 7 heteroatoms. The standard InChI is InChI=1S/C18H12ClNO5/c19-11-4-1-9(2-5-11)10-3-6-12-13(7-10)17(24)15(16(12)23)18(25)20-8-14(21)22/h1-7,15H,8H2,(H,20,25)(H,21,22). The van der Waals surface area contributed by atoms with E-state index in [-0.39, 0.29) is 11.1 Å². The lowest BCUT2D eigenvalue weighted by molar-refractivity contribution is -0.138. The number of hydrogen-bond acceptors (Lipinski definition) is 4. The van der Waals surface area contributed by atoms with E-state index in [1.807, 2.05) is 0 Å². The maximum absolute atomic E-state index is 12.5. The summed E-state index contributed by atoms with van der Waals surface area (Å²) in [6, 6.07) is 11.7. The Hall–Kier alpha value is -2.99. The minimum atomic E-state index is -1.53. The summed E-state index contributed by atoms with van der Waals surface area (Å²) in [5, 5.41) is 11.3. The van der Waals surface area contributed by atoms with E-state index < -0.39 is 35.9 Å². The first-order valence-electron chi connectivity index (χ1n) is 7.36. The van der Waals surface area contributed by atoms with Gasteiger partial charge >= 0.3 is 5.97 Å². The summed E-state index contributed by atoms with van der Waals surface area (Å²) in [7, 11) is 0. The Morgan fingerprint density at radius 1 is 0.960 bits per heavy atom. The lowest BCUT2D eigenvalue weighted by Gasteiger charge is -2.06. The fraction of sp³-hybridized carbons (Fsp3) is 0.111. The van der Waals surface area contributed by atoms with Crippen molar-refractivity contribution in [3.63, 3.8) is 0 Å². The SMILES string of the molecule is O=C(O)CNC(=O)C1C(=O)c2ccc(-c3ccc(Cl)cc3)cc2C1=O. The van der Waals surface area contributed by atoms with Gasteiger partial charge in [-0.3, -0.25) is 19.2 Å². The third-order valence-corrected chi connectivity index (χ3v) is 4.18. The van der Waals surface area contributed by atoms with Gasteiger partial charge in [-0.05, 0) is 29.3 Å². The van der Waals surface area contributed by atoms with Gasteiger partial charge in [0.25, 0.3) is 0 Å². The quantitative estimate of drug-likeness (QED) is 0.817. The molecule has 0 saturated carbocycles. The van der Waals surface area contributed by atoms with Crippen LogP contribution < -0.4 is 5.32 Å². The predicted molar refractivity (Wildman–Crippen MR) is 89.7 cm³/mol. The molecule has 0 heterocycles. The fourth-order valence-electron chi connectivity index (χ4n) is 2.72. The molecule has 126 valence electrons. The van der Waals surface area contributed by atoms with Crippen molar-refractivity contribution >= 4 is 35.0 Å². The smallest absolute Gasteiger partial charge is 0.322 e. The molecule has 1 aliphatic carbocycles. The molecule has 2 aromatic carbocycles. The lowest BCUT2D eigenvalue weighted by Crippen LogP contribution is -2.39. The van der Waals surface area contributed by atoms with Crippen LogP contribution in [-0.4, -0.2) is 35.1 Å². The Kier molecular flexibility index (Phi) is 4.37. The molecule has 0 fully saturated rings. The minimum Gasteiger partial charge on any atom is -0.480 e. The van der Waals surface area contributed by atoms with Crippen molar-refractivity contribution in [2.24, 2.45) is 5.92 Å². The number of ketones is 2. The molecule has 1 atom stereocenters. The number of rotatable bonds is 4. The van der Waals surface area contributed by atoms with Gasteiger partial charge in [0.1, 0.15) is 6.54 Å². The van der Waals surface area contributed by atoms with Gasteiger partial charge in [0.05, 0.1) is 0 Å². The summed E-state index contributed by atoms with van der Waals surface area (Å²) in [6.07, 6.45) is 0. The van der Waals surface area contributed by atoms with Crippen LogP contribution in [0.3, 0.4) is 0 Å². The van der Waals surface area contributed by atoms with Crippen molar-refractivity contribution in [1.82, 2.24) is 5.32 Å². The number of amides is 1. The van der Waals surface area contributed by atoms with Crippen molar-refractivity contribution in [3.8, 4) is 11.1 Å². The molecule has 2 aromatic rings. The Morgan fingerprint density at radius 2 is 1.56 bits per heavy atom. The molecule has 1 amide bonds. The van der Waals surface area contributed by atoms with Crippen LogP contribution in [0.1, 0.15) is 20.7 Å². The molecule has 0 bridgehead atoms. The normalized spacial score (nSPS) is 15.8. The molecule has 1 aliphatic rings. The molecule has 1 unspecified atom stereocenters. The Balaban J connectivity index is 1.91. The number of carbonyl (C=O) groups excluding carboxylic acids is 3. The zero-order valence-corrected chi connectivity index (χ0v) is 13.5. The van der Waals surface area contributed by atoms with E-state index in [1.54, 1.807) is 36.4 Å². The molecule has 25 heavy (non-hydrogen) atoms. The van der Waals surface area contributed by atoms with Crippen LogP contribution in [0.2, 0.25) is 5.02 Å². The molecule has 0 aromatic heterocycles. The summed E-state index contributed by atoms with van der Waals surface area (Å²) in [5.41, 5.74) is 1.85. The number of nitrogens with one attached hydrogen (secondary N) is 1. The zero-order valence-electron chi connectivity index (χ0n) is 12.8. The van der Waals surface area contributed by atoms with Crippen molar-refractivity contribution in [1.29, 1.82) is 0 Å². The van der Waals surface area contributed by atoms with Gasteiger partial charge in [0, 0.05) is 16.1 Å². The highest BCUT2D eigenvalue weighted by Crippen LogP contribution is 2.31. The number of carbonyl (C=O) groups is 4. The van der Waals surface area contributed by atoms with Crippen molar-refractivity contribution in [2.45, 2.75) is 0 Å². The highest BCUT2D eigenvalue weighted by Gasteiger charge is 2.43. The van der Waals surface area contributed by atoms with Crippen LogP contribution in [0, 0.1) is 5.92 Å². The number of Topliss-reactive ketones (excluding diaryl/α,β-unsaturated/α-hetero) is 2. The molecule has 6 nitrogen and oxygen atoms in total. The van der Waals surface area contributed by atoms with Gasteiger partial charge in [-0.2, -0.15) is 0 Å². The number of hydrogen-bond donors (Lipinski definition) is 2. The van der Waals surface area contributed by atoms with Crippen LogP contribution in [0.15, 0.2) is 42.5 Å². The van der Waals surface area contributed by atoms with E-state index in [2.05, 4.69) is 5.32 Å². The highest BCUT2D eigenvalue weighted by atomic mass is 35.5. The minimum absolute atomic E-state index is 0.160. The second-order valence-corrected chi connectivity index (χ2v) is 5.98. The summed E-state index contributed by atoms with van der Waals surface area (Å²) >= 11 is 5.86. The van der Waals surface area contributed by atoms with E-state index in [9.17, 15) is 19.2 Å². The number of carboxylic acids is 1. The Bertz CT molecular complexity index is 904. The fourth-order valence-corrected chi connectivity index (χ4v) is 2.84. The lowest BCUT2D eigenvalue weighted by atomic mass is 10.00. The number of fused-ring (bicyclic) bond motifs is 1. The van der Waals surface area contributed by atoms with E-state index in [0.717, 1.165) is 5.56 Å². The first-order chi connectivity index (χ1) is 11.9. The van der Waals surface area contributed by atoms with Crippen LogP contribution >= 0.6 is 11.6 Å². The van der Waals surface area contributed by atoms with Gasteiger partial charge in [0.2, 0.25) is 5.91 Å². The van der Waals surface area contributed by atoms with Crippen molar-refractivity contribution in [3.05, 3.63) is 58.6 Å². The maximum atomic E-state index is 12.5. The van der Waals surface area contributed by atoms with Gasteiger partial charge in [-0.1, -0.05) is 35.9 Å². The molecular weight excluding hydrogens is 346 g/mol. The Morgan fingerprint density at radius 3 is 2.20 bits per heavy atom. The molecule has 0 aliphatic heterocycles. The third-order valence-electron chi connectivity index (χ3n) is 3.93. The second kappa shape index (κ2) is 6.49. The van der Waals surface area contributed by atoms with Gasteiger partial charge in [-0.25, -0.2) is 0 Å². The molecule has 2 N–H and O–H groups in total. The van der Waals surface area contributed by atoms with Gasteiger partial charge < -0.3 is 10.4 Å². The monoisotopic (exact) mass is 357 g/mol. The summed E-state index contributed by atoms with van der Waals surface area (Å²) in [6.45, 7) is -0.651. The Labute approximate surface area is 147 Å².